The average molecular weight is 585 g/mol. The van der Waals surface area contributed by atoms with Gasteiger partial charge < -0.3 is 9.42 Å². The number of rotatable bonds is 8. The molecule has 3 aromatic heterocycles. The quantitative estimate of drug-likeness (QED) is 0.156. The molecule has 1 saturated heterocycles. The van der Waals surface area contributed by atoms with E-state index in [0.717, 1.165) is 46.3 Å². The van der Waals surface area contributed by atoms with Crippen molar-refractivity contribution in [2.75, 3.05) is 18.8 Å². The summed E-state index contributed by atoms with van der Waals surface area (Å²) in [4.78, 5) is 24.4. The van der Waals surface area contributed by atoms with Crippen LogP contribution in [0.3, 0.4) is 0 Å². The predicted octanol–water partition coefficient (Wildman–Crippen LogP) is 7.58. The molecule has 1 aromatic carbocycles. The van der Waals surface area contributed by atoms with Gasteiger partial charge in [-0.05, 0) is 43.5 Å². The van der Waals surface area contributed by atoms with Gasteiger partial charge >= 0.3 is 0 Å². The van der Waals surface area contributed by atoms with Crippen LogP contribution in [0.2, 0.25) is 10.0 Å². The number of amides is 1. The molecule has 0 spiro atoms. The van der Waals surface area contributed by atoms with Crippen molar-refractivity contribution in [2.24, 2.45) is 0 Å². The average Bonchev–Trinajstić information content (AvgIpc) is 3.63. The molecule has 1 fully saturated rings. The van der Waals surface area contributed by atoms with E-state index in [0.29, 0.717) is 46.6 Å². The lowest BCUT2D eigenvalue weighted by Gasteiger charge is -2.31. The van der Waals surface area contributed by atoms with Crippen LogP contribution in [0.15, 0.2) is 57.5 Å². The number of benzene rings is 1. The zero-order valence-corrected chi connectivity index (χ0v) is 23.4. The van der Waals surface area contributed by atoms with Gasteiger partial charge in [-0.3, -0.25) is 4.79 Å². The fraction of sp³-hybridized carbons (Fsp3) is 0.296. The second-order valence-corrected chi connectivity index (χ2v) is 11.6. The zero-order chi connectivity index (χ0) is 26.5. The number of carbonyl (C=O) groups excluding carboxylic acids is 1. The molecule has 11 heteroatoms. The number of likely N-dealkylation sites (tertiary alicyclic amines) is 1. The number of pyridine rings is 1. The number of hydrogen-bond acceptors (Lipinski definition) is 8. The van der Waals surface area contributed by atoms with Crippen LogP contribution in [0.5, 0.6) is 0 Å². The molecular formula is C27H23Cl2N5O2S2. The number of nitriles is 1. The lowest BCUT2D eigenvalue weighted by atomic mass is 9.97. The molecule has 1 amide bonds. The minimum Gasteiger partial charge on any atom is -0.354 e. The smallest absolute Gasteiger partial charge is 0.256 e. The summed E-state index contributed by atoms with van der Waals surface area (Å²) in [6.45, 7) is 1.32. The molecule has 0 radical (unpaired) electrons. The number of thiazole rings is 1. The van der Waals surface area contributed by atoms with E-state index in [2.05, 4.69) is 16.2 Å². The summed E-state index contributed by atoms with van der Waals surface area (Å²) in [7, 11) is 0. The molecule has 4 heterocycles. The van der Waals surface area contributed by atoms with Crippen molar-refractivity contribution in [3.05, 3.63) is 68.6 Å². The number of halogens is 2. The summed E-state index contributed by atoms with van der Waals surface area (Å²) in [5.74, 6) is 1.65. The number of piperidine rings is 1. The van der Waals surface area contributed by atoms with Gasteiger partial charge in [-0.1, -0.05) is 34.4 Å². The molecule has 1 aliphatic rings. The fourth-order valence-electron chi connectivity index (χ4n) is 4.26. The van der Waals surface area contributed by atoms with Gasteiger partial charge in [-0.2, -0.15) is 5.26 Å². The van der Waals surface area contributed by atoms with Crippen LogP contribution < -0.4 is 0 Å². The summed E-state index contributed by atoms with van der Waals surface area (Å²) in [6, 6.07) is 13.0. The molecule has 0 aliphatic carbocycles. The van der Waals surface area contributed by atoms with Crippen molar-refractivity contribution in [1.29, 1.82) is 5.26 Å². The number of nitrogens with zero attached hydrogens (tertiary/aromatic N) is 5. The second-order valence-electron chi connectivity index (χ2n) is 8.81. The number of aromatic nitrogens is 3. The van der Waals surface area contributed by atoms with Gasteiger partial charge in [0.1, 0.15) is 16.4 Å². The second kappa shape index (κ2) is 12.3. The van der Waals surface area contributed by atoms with Crippen molar-refractivity contribution in [3.63, 3.8) is 0 Å². The highest BCUT2D eigenvalue weighted by atomic mass is 35.5. The molecular weight excluding hydrogens is 561 g/mol. The van der Waals surface area contributed by atoms with Crippen molar-refractivity contribution < 1.29 is 9.32 Å². The van der Waals surface area contributed by atoms with E-state index >= 15 is 0 Å². The topological polar surface area (TPSA) is 95.9 Å². The Morgan fingerprint density at radius 3 is 2.82 bits per heavy atom. The largest absolute Gasteiger partial charge is 0.354 e. The highest BCUT2D eigenvalue weighted by molar-refractivity contribution is 7.99. The van der Waals surface area contributed by atoms with Gasteiger partial charge in [0, 0.05) is 54.4 Å². The zero-order valence-electron chi connectivity index (χ0n) is 20.3. The summed E-state index contributed by atoms with van der Waals surface area (Å²) in [5.41, 5.74) is 2.86. The standard InChI is InChI=1S/C27H23Cl2N5O2S2/c28-20-6-5-18(14-21(20)29)22-15-24(36-33-22)23-16-38-25(32-23)17-7-11-34(12-8-17)27(35)19-4-3-10-31-26(19)37-13-2-1-9-30/h3-6,10,14-17H,1-2,7-8,11-13H2. The maximum absolute atomic E-state index is 13.3. The van der Waals surface area contributed by atoms with E-state index in [1.165, 1.54) is 11.8 Å². The molecule has 0 unspecified atom stereocenters. The Bertz CT molecular complexity index is 1470. The highest BCUT2D eigenvalue weighted by Gasteiger charge is 2.28. The van der Waals surface area contributed by atoms with E-state index in [1.54, 1.807) is 35.7 Å². The predicted molar refractivity (Wildman–Crippen MR) is 151 cm³/mol. The first-order chi connectivity index (χ1) is 18.5. The van der Waals surface area contributed by atoms with Crippen molar-refractivity contribution in [3.8, 4) is 28.8 Å². The lowest BCUT2D eigenvalue weighted by Crippen LogP contribution is -2.38. The molecule has 7 nitrogen and oxygen atoms in total. The van der Waals surface area contributed by atoms with Crippen LogP contribution in [0.25, 0.3) is 22.7 Å². The first-order valence-corrected chi connectivity index (χ1v) is 14.8. The lowest BCUT2D eigenvalue weighted by molar-refractivity contribution is 0.0708. The van der Waals surface area contributed by atoms with Crippen LogP contribution in [0.1, 0.15) is 47.0 Å². The first-order valence-electron chi connectivity index (χ1n) is 12.2. The Labute approximate surface area is 238 Å². The molecule has 5 rings (SSSR count). The maximum atomic E-state index is 13.3. The monoisotopic (exact) mass is 583 g/mol. The molecule has 194 valence electrons. The third kappa shape index (κ3) is 6.05. The van der Waals surface area contributed by atoms with Gasteiger partial charge in [0.05, 0.1) is 26.7 Å². The Morgan fingerprint density at radius 2 is 2.03 bits per heavy atom. The minimum absolute atomic E-state index is 0.00986. The van der Waals surface area contributed by atoms with Crippen molar-refractivity contribution in [2.45, 2.75) is 36.6 Å². The fourth-order valence-corrected chi connectivity index (χ4v) is 6.47. The minimum atomic E-state index is 0.00986. The molecule has 4 aromatic rings. The van der Waals surface area contributed by atoms with Crippen LogP contribution in [0, 0.1) is 11.3 Å². The van der Waals surface area contributed by atoms with Crippen LogP contribution in [-0.4, -0.2) is 44.8 Å². The van der Waals surface area contributed by atoms with E-state index in [-0.39, 0.29) is 11.8 Å². The third-order valence-electron chi connectivity index (χ3n) is 6.30. The van der Waals surface area contributed by atoms with Gasteiger partial charge in [0.15, 0.2) is 5.76 Å². The summed E-state index contributed by atoms with van der Waals surface area (Å²) >= 11 is 15.3. The van der Waals surface area contributed by atoms with Crippen molar-refractivity contribution >= 4 is 52.2 Å². The van der Waals surface area contributed by atoms with E-state index < -0.39 is 0 Å². The summed E-state index contributed by atoms with van der Waals surface area (Å²) < 4.78 is 5.57. The summed E-state index contributed by atoms with van der Waals surface area (Å²) in [5, 5.41) is 17.6. The van der Waals surface area contributed by atoms with Gasteiger partial charge in [-0.25, -0.2) is 9.97 Å². The van der Waals surface area contributed by atoms with Gasteiger partial charge in [0.25, 0.3) is 5.91 Å². The third-order valence-corrected chi connectivity index (χ3v) is 9.14. The Balaban J connectivity index is 1.21. The molecule has 0 atom stereocenters. The van der Waals surface area contributed by atoms with Crippen molar-refractivity contribution in [1.82, 2.24) is 20.0 Å². The maximum Gasteiger partial charge on any atom is 0.256 e. The van der Waals surface area contributed by atoms with E-state index in [9.17, 15) is 4.79 Å². The number of unbranched alkanes of at least 4 members (excludes halogenated alkanes) is 1. The Kier molecular flexibility index (Phi) is 8.65. The molecule has 38 heavy (non-hydrogen) atoms. The molecule has 0 saturated carbocycles. The molecule has 0 N–H and O–H groups in total. The number of thioether (sulfide) groups is 1. The molecule has 0 bridgehead atoms. The van der Waals surface area contributed by atoms with E-state index in [1.807, 2.05) is 28.5 Å². The van der Waals surface area contributed by atoms with Gasteiger partial charge in [-0.15, -0.1) is 23.1 Å². The summed E-state index contributed by atoms with van der Waals surface area (Å²) in [6.07, 6.45) is 4.67. The normalized spacial score (nSPS) is 14.0. The Morgan fingerprint density at radius 1 is 1.18 bits per heavy atom. The SMILES string of the molecule is N#CCCCSc1ncccc1C(=O)N1CCC(c2nc(-c3cc(-c4ccc(Cl)c(Cl)c4)no3)cs2)CC1. The highest BCUT2D eigenvalue weighted by Crippen LogP contribution is 2.35. The van der Waals surface area contributed by atoms with E-state index in [4.69, 9.17) is 38.0 Å². The van der Waals surface area contributed by atoms with Crippen LogP contribution in [-0.2, 0) is 0 Å². The number of hydrogen-bond donors (Lipinski definition) is 0. The van der Waals surface area contributed by atoms with Crippen LogP contribution >= 0.6 is 46.3 Å². The van der Waals surface area contributed by atoms with Crippen LogP contribution in [0.4, 0.5) is 0 Å². The molecule has 1 aliphatic heterocycles. The first kappa shape index (κ1) is 26.7. The Hall–Kier alpha value is -2.90. The number of carbonyl (C=O) groups is 1. The van der Waals surface area contributed by atoms with Gasteiger partial charge in [0.2, 0.25) is 0 Å².